The quantitative estimate of drug-likeness (QED) is 0.176. The molecule has 0 saturated carbocycles. The minimum atomic E-state index is -0.965. The van der Waals surface area contributed by atoms with Crippen LogP contribution in [0.4, 0.5) is 4.39 Å². The molecule has 0 bridgehead atoms. The lowest BCUT2D eigenvalue weighted by Gasteiger charge is -2.39. The third kappa shape index (κ3) is 4.28. The largest absolute Gasteiger partial charge is 0.497 e. The zero-order valence-electron chi connectivity index (χ0n) is 25.3. The van der Waals surface area contributed by atoms with E-state index in [9.17, 15) is 0 Å². The van der Waals surface area contributed by atoms with Crippen LogP contribution in [0.2, 0.25) is 0 Å². The highest BCUT2D eigenvalue weighted by Gasteiger charge is 2.46. The molecular weight excluding hydrogens is 615 g/mol. The van der Waals surface area contributed by atoms with Gasteiger partial charge in [0.25, 0.3) is 0 Å². The fraction of sp³-hybridized carbons (Fsp3) is 0.231. The standard InChI is InChI=1S/C39H34BrFO3/c1-5-6-20-38(2)34-18-11-26(40)22-33(34)35-30-17-12-27(41)23-32(30)37-31(36(35)38)19-21-39(44-37,24-7-13-28(42-3)14-8-24)25-9-15-29(43-4)16-10-25/h7-19,21-23H,5-6,20H2,1-4H3. The molecule has 1 atom stereocenters. The van der Waals surface area contributed by atoms with Crippen molar-refractivity contribution in [3.63, 3.8) is 0 Å². The van der Waals surface area contributed by atoms with Crippen molar-refractivity contribution in [3.05, 3.63) is 129 Å². The van der Waals surface area contributed by atoms with Crippen LogP contribution in [-0.4, -0.2) is 14.2 Å². The molecule has 1 aliphatic carbocycles. The molecule has 7 rings (SSSR count). The number of methoxy groups -OCH3 is 2. The minimum absolute atomic E-state index is 0.234. The van der Waals surface area contributed by atoms with Crippen molar-refractivity contribution in [2.24, 2.45) is 0 Å². The van der Waals surface area contributed by atoms with E-state index in [0.29, 0.717) is 5.75 Å². The first-order chi connectivity index (χ1) is 21.3. The Bertz CT molecular complexity index is 1880. The number of rotatable bonds is 7. The molecule has 5 heteroatoms. The summed E-state index contributed by atoms with van der Waals surface area (Å²) in [6.07, 6.45) is 7.56. The molecule has 0 radical (unpaired) electrons. The lowest BCUT2D eigenvalue weighted by molar-refractivity contribution is 0.163. The van der Waals surface area contributed by atoms with E-state index in [1.165, 1.54) is 22.3 Å². The van der Waals surface area contributed by atoms with E-state index in [1.54, 1.807) is 26.4 Å². The minimum Gasteiger partial charge on any atom is -0.497 e. The summed E-state index contributed by atoms with van der Waals surface area (Å²) in [6, 6.07) is 27.6. The van der Waals surface area contributed by atoms with Crippen molar-refractivity contribution < 1.29 is 18.6 Å². The molecule has 0 aromatic heterocycles. The molecule has 0 amide bonds. The lowest BCUT2D eigenvalue weighted by atomic mass is 9.73. The lowest BCUT2D eigenvalue weighted by Crippen LogP contribution is -2.35. The van der Waals surface area contributed by atoms with E-state index in [-0.39, 0.29) is 11.2 Å². The van der Waals surface area contributed by atoms with E-state index in [2.05, 4.69) is 60.1 Å². The summed E-state index contributed by atoms with van der Waals surface area (Å²) in [5.74, 6) is 1.93. The number of hydrogen-bond donors (Lipinski definition) is 0. The Kier molecular flexibility index (Phi) is 7.05. The fourth-order valence-corrected chi connectivity index (χ4v) is 7.61. The molecule has 1 aliphatic heterocycles. The average molecular weight is 650 g/mol. The Hall–Kier alpha value is -4.09. The third-order valence-electron chi connectivity index (χ3n) is 9.47. The molecule has 222 valence electrons. The topological polar surface area (TPSA) is 27.7 Å². The Morgan fingerprint density at radius 3 is 2.09 bits per heavy atom. The third-order valence-corrected chi connectivity index (χ3v) is 9.97. The van der Waals surface area contributed by atoms with Crippen LogP contribution in [0.25, 0.3) is 28.0 Å². The number of halogens is 2. The van der Waals surface area contributed by atoms with Crippen molar-refractivity contribution in [2.75, 3.05) is 14.2 Å². The summed E-state index contributed by atoms with van der Waals surface area (Å²) in [4.78, 5) is 0. The van der Waals surface area contributed by atoms with Crippen molar-refractivity contribution in [2.45, 2.75) is 44.1 Å². The van der Waals surface area contributed by atoms with Gasteiger partial charge >= 0.3 is 0 Å². The maximum atomic E-state index is 15.1. The van der Waals surface area contributed by atoms with E-state index in [1.807, 2.05) is 54.6 Å². The number of unbranched alkanes of at least 4 members (excludes halogenated alkanes) is 1. The van der Waals surface area contributed by atoms with Crippen molar-refractivity contribution in [1.82, 2.24) is 0 Å². The summed E-state index contributed by atoms with van der Waals surface area (Å²) in [6.45, 7) is 4.60. The summed E-state index contributed by atoms with van der Waals surface area (Å²) >= 11 is 3.73. The van der Waals surface area contributed by atoms with E-state index >= 15 is 4.39 Å². The fourth-order valence-electron chi connectivity index (χ4n) is 7.25. The van der Waals surface area contributed by atoms with E-state index < -0.39 is 5.60 Å². The van der Waals surface area contributed by atoms with Crippen LogP contribution in [0, 0.1) is 5.82 Å². The van der Waals surface area contributed by atoms with Crippen LogP contribution in [0.5, 0.6) is 17.2 Å². The van der Waals surface area contributed by atoms with Gasteiger partial charge in [-0.2, -0.15) is 0 Å². The Balaban J connectivity index is 1.55. The Labute approximate surface area is 266 Å². The van der Waals surface area contributed by atoms with Gasteiger partial charge in [-0.25, -0.2) is 4.39 Å². The van der Waals surface area contributed by atoms with Gasteiger partial charge in [0.2, 0.25) is 0 Å². The van der Waals surface area contributed by atoms with Crippen molar-refractivity contribution >= 4 is 32.8 Å². The Morgan fingerprint density at radius 2 is 1.48 bits per heavy atom. The van der Waals surface area contributed by atoms with Gasteiger partial charge < -0.3 is 14.2 Å². The van der Waals surface area contributed by atoms with Crippen molar-refractivity contribution in [3.8, 4) is 28.4 Å². The second kappa shape index (κ2) is 10.8. The normalized spacial score (nSPS) is 17.5. The number of benzene rings is 5. The first-order valence-corrected chi connectivity index (χ1v) is 15.9. The van der Waals surface area contributed by atoms with Gasteiger partial charge in [0.1, 0.15) is 23.1 Å². The molecule has 44 heavy (non-hydrogen) atoms. The van der Waals surface area contributed by atoms with Crippen LogP contribution in [-0.2, 0) is 11.0 Å². The summed E-state index contributed by atoms with van der Waals surface area (Å²) in [5.41, 5.74) is 6.62. The number of hydrogen-bond acceptors (Lipinski definition) is 3. The molecule has 1 unspecified atom stereocenters. The zero-order valence-corrected chi connectivity index (χ0v) is 26.9. The molecule has 5 aromatic carbocycles. The summed E-state index contributed by atoms with van der Waals surface area (Å²) in [5, 5.41) is 1.76. The summed E-state index contributed by atoms with van der Waals surface area (Å²) in [7, 11) is 3.32. The van der Waals surface area contributed by atoms with Gasteiger partial charge in [0.15, 0.2) is 5.60 Å². The molecule has 5 aromatic rings. The molecule has 3 nitrogen and oxygen atoms in total. The maximum Gasteiger partial charge on any atom is 0.178 e. The molecule has 0 spiro atoms. The molecule has 0 N–H and O–H groups in total. The monoisotopic (exact) mass is 648 g/mol. The average Bonchev–Trinajstić information content (AvgIpc) is 3.31. The van der Waals surface area contributed by atoms with Gasteiger partial charge in [-0.3, -0.25) is 0 Å². The maximum absolute atomic E-state index is 15.1. The van der Waals surface area contributed by atoms with Gasteiger partial charge in [0.05, 0.1) is 14.2 Å². The van der Waals surface area contributed by atoms with E-state index in [0.717, 1.165) is 62.7 Å². The second-order valence-electron chi connectivity index (χ2n) is 11.9. The van der Waals surface area contributed by atoms with Crippen LogP contribution >= 0.6 is 15.9 Å². The number of ether oxygens (including phenoxy) is 3. The highest BCUT2D eigenvalue weighted by Crippen LogP contribution is 2.60. The highest BCUT2D eigenvalue weighted by atomic mass is 79.9. The highest BCUT2D eigenvalue weighted by molar-refractivity contribution is 9.10. The predicted octanol–water partition coefficient (Wildman–Crippen LogP) is 10.6. The van der Waals surface area contributed by atoms with Gasteiger partial charge in [-0.1, -0.05) is 85.1 Å². The molecule has 0 saturated heterocycles. The van der Waals surface area contributed by atoms with Crippen molar-refractivity contribution in [1.29, 1.82) is 0 Å². The Morgan fingerprint density at radius 1 is 0.818 bits per heavy atom. The van der Waals surface area contributed by atoms with Gasteiger partial charge in [-0.05, 0) is 88.7 Å². The first kappa shape index (κ1) is 28.7. The molecule has 1 heterocycles. The van der Waals surface area contributed by atoms with Gasteiger partial charge in [0, 0.05) is 32.0 Å². The molecule has 2 aliphatic rings. The van der Waals surface area contributed by atoms with Gasteiger partial charge in [-0.15, -0.1) is 0 Å². The van der Waals surface area contributed by atoms with Crippen LogP contribution < -0.4 is 14.2 Å². The summed E-state index contributed by atoms with van der Waals surface area (Å²) < 4.78 is 34.4. The second-order valence-corrected chi connectivity index (χ2v) is 12.9. The van der Waals surface area contributed by atoms with E-state index in [4.69, 9.17) is 14.2 Å². The number of fused-ring (bicyclic) bond motifs is 8. The first-order valence-electron chi connectivity index (χ1n) is 15.1. The van der Waals surface area contributed by atoms with Crippen LogP contribution in [0.3, 0.4) is 0 Å². The molecule has 0 fully saturated rings. The molecular formula is C39H34BrFO3. The zero-order chi connectivity index (χ0) is 30.6. The van der Waals surface area contributed by atoms with Crippen LogP contribution in [0.15, 0.2) is 95.5 Å². The predicted molar refractivity (Wildman–Crippen MR) is 179 cm³/mol. The SMILES string of the molecule is CCCCC1(C)c2ccc(Br)cc2-c2c1c1c(c3cc(F)ccc23)OC(c2ccc(OC)cc2)(c2ccc(OC)cc2)C=C1. The van der Waals surface area contributed by atoms with Crippen LogP contribution in [0.1, 0.15) is 60.9 Å². The smallest absolute Gasteiger partial charge is 0.178 e.